The molecule has 112 valence electrons. The summed E-state index contributed by atoms with van der Waals surface area (Å²) < 4.78 is 24.7. The van der Waals surface area contributed by atoms with E-state index in [1.807, 2.05) is 25.1 Å². The van der Waals surface area contributed by atoms with Gasteiger partial charge >= 0.3 is 0 Å². The second kappa shape index (κ2) is 6.59. The van der Waals surface area contributed by atoms with Crippen LogP contribution in [0.1, 0.15) is 22.7 Å². The van der Waals surface area contributed by atoms with Crippen LogP contribution in [0.25, 0.3) is 0 Å². The van der Waals surface area contributed by atoms with Crippen LogP contribution < -0.4 is 14.8 Å². The van der Waals surface area contributed by atoms with Crippen LogP contribution in [0.5, 0.6) is 11.5 Å². The van der Waals surface area contributed by atoms with Gasteiger partial charge in [-0.1, -0.05) is 17.7 Å². The zero-order valence-electron chi connectivity index (χ0n) is 12.7. The molecule has 0 radical (unpaired) electrons. The number of hydrogen-bond donors (Lipinski definition) is 1. The molecule has 0 saturated heterocycles. The normalized spacial score (nSPS) is 12.0. The fourth-order valence-electron chi connectivity index (χ4n) is 2.38. The first-order chi connectivity index (χ1) is 10.1. The lowest BCUT2D eigenvalue weighted by Gasteiger charge is -2.20. The Morgan fingerprint density at radius 1 is 1.00 bits per heavy atom. The maximum atomic E-state index is 14.2. The smallest absolute Gasteiger partial charge is 0.128 e. The Hall–Kier alpha value is -2.07. The zero-order chi connectivity index (χ0) is 15.4. The topological polar surface area (TPSA) is 30.5 Å². The van der Waals surface area contributed by atoms with E-state index in [4.69, 9.17) is 9.47 Å². The Morgan fingerprint density at radius 2 is 1.62 bits per heavy atom. The zero-order valence-corrected chi connectivity index (χ0v) is 12.7. The van der Waals surface area contributed by atoms with Gasteiger partial charge in [0.2, 0.25) is 0 Å². The summed E-state index contributed by atoms with van der Waals surface area (Å²) >= 11 is 0. The van der Waals surface area contributed by atoms with Crippen LogP contribution in [0.3, 0.4) is 0 Å². The third-order valence-corrected chi connectivity index (χ3v) is 3.46. The Balaban J connectivity index is 2.52. The van der Waals surface area contributed by atoms with E-state index in [1.54, 1.807) is 33.4 Å². The standard InChI is InChI=1S/C17H20FNO2/c1-11-5-6-16(18)15(7-11)17(19-2)12-8-13(20-3)10-14(9-12)21-4/h5-10,17,19H,1-4H3. The molecule has 0 spiro atoms. The summed E-state index contributed by atoms with van der Waals surface area (Å²) in [6.07, 6.45) is 0. The van der Waals surface area contributed by atoms with Crippen LogP contribution in [0, 0.1) is 12.7 Å². The van der Waals surface area contributed by atoms with Gasteiger partial charge in [-0.25, -0.2) is 4.39 Å². The Kier molecular flexibility index (Phi) is 4.81. The Labute approximate surface area is 124 Å². The fourth-order valence-corrected chi connectivity index (χ4v) is 2.38. The number of halogens is 1. The van der Waals surface area contributed by atoms with Gasteiger partial charge in [0.1, 0.15) is 17.3 Å². The number of rotatable bonds is 5. The number of methoxy groups -OCH3 is 2. The molecule has 1 N–H and O–H groups in total. The average Bonchev–Trinajstić information content (AvgIpc) is 2.51. The third kappa shape index (κ3) is 3.34. The van der Waals surface area contributed by atoms with Gasteiger partial charge in [-0.2, -0.15) is 0 Å². The molecule has 0 amide bonds. The Bertz CT molecular complexity index is 606. The van der Waals surface area contributed by atoms with Crippen molar-refractivity contribution in [1.82, 2.24) is 5.32 Å². The molecule has 0 aliphatic heterocycles. The molecule has 4 heteroatoms. The van der Waals surface area contributed by atoms with Crippen molar-refractivity contribution in [3.63, 3.8) is 0 Å². The van der Waals surface area contributed by atoms with Gasteiger partial charge in [0.05, 0.1) is 20.3 Å². The minimum atomic E-state index is -0.270. The van der Waals surface area contributed by atoms with E-state index in [-0.39, 0.29) is 11.9 Å². The van der Waals surface area contributed by atoms with Crippen molar-refractivity contribution in [2.45, 2.75) is 13.0 Å². The SMILES string of the molecule is CNC(c1cc(OC)cc(OC)c1)c1cc(C)ccc1F. The van der Waals surface area contributed by atoms with Gasteiger partial charge < -0.3 is 14.8 Å². The van der Waals surface area contributed by atoms with Gasteiger partial charge in [-0.15, -0.1) is 0 Å². The van der Waals surface area contributed by atoms with E-state index in [2.05, 4.69) is 5.32 Å². The molecular formula is C17H20FNO2. The lowest BCUT2D eigenvalue weighted by Crippen LogP contribution is -2.19. The summed E-state index contributed by atoms with van der Waals surface area (Å²) in [4.78, 5) is 0. The molecule has 3 nitrogen and oxygen atoms in total. The number of hydrogen-bond acceptors (Lipinski definition) is 3. The first-order valence-corrected chi connectivity index (χ1v) is 6.75. The van der Waals surface area contributed by atoms with Crippen molar-refractivity contribution in [2.75, 3.05) is 21.3 Å². The van der Waals surface area contributed by atoms with Gasteiger partial charge in [0, 0.05) is 11.6 Å². The predicted octanol–water partition coefficient (Wildman–Crippen LogP) is 3.46. The highest BCUT2D eigenvalue weighted by molar-refractivity contribution is 5.43. The molecule has 1 unspecified atom stereocenters. The van der Waals surface area contributed by atoms with Crippen molar-refractivity contribution in [3.8, 4) is 11.5 Å². The molecule has 0 saturated carbocycles. The van der Waals surface area contributed by atoms with Crippen molar-refractivity contribution in [3.05, 3.63) is 58.9 Å². The molecule has 2 rings (SSSR count). The Morgan fingerprint density at radius 3 is 2.14 bits per heavy atom. The quantitative estimate of drug-likeness (QED) is 0.914. The van der Waals surface area contributed by atoms with Crippen LogP contribution >= 0.6 is 0 Å². The number of aryl methyl sites for hydroxylation is 1. The van der Waals surface area contributed by atoms with Crippen LogP contribution in [0.4, 0.5) is 4.39 Å². The molecule has 0 aromatic heterocycles. The van der Waals surface area contributed by atoms with Gasteiger partial charge in [-0.3, -0.25) is 0 Å². The molecule has 0 aliphatic carbocycles. The maximum absolute atomic E-state index is 14.2. The summed E-state index contributed by atoms with van der Waals surface area (Å²) in [5.41, 5.74) is 2.51. The van der Waals surface area contributed by atoms with E-state index in [9.17, 15) is 4.39 Å². The van der Waals surface area contributed by atoms with Gasteiger partial charge in [0.25, 0.3) is 0 Å². The van der Waals surface area contributed by atoms with Gasteiger partial charge in [0.15, 0.2) is 0 Å². The summed E-state index contributed by atoms with van der Waals surface area (Å²) in [7, 11) is 5.00. The van der Waals surface area contributed by atoms with Crippen molar-refractivity contribution in [2.24, 2.45) is 0 Å². The van der Waals surface area contributed by atoms with E-state index in [0.29, 0.717) is 17.1 Å². The first-order valence-electron chi connectivity index (χ1n) is 6.75. The summed E-state index contributed by atoms with van der Waals surface area (Å²) in [5, 5.41) is 3.15. The molecule has 0 heterocycles. The van der Waals surface area contributed by atoms with Crippen LogP contribution in [0.2, 0.25) is 0 Å². The summed E-state index contributed by atoms with van der Waals surface area (Å²) in [5.74, 6) is 1.12. The third-order valence-electron chi connectivity index (χ3n) is 3.46. The second-order valence-corrected chi connectivity index (χ2v) is 4.89. The summed E-state index contributed by atoms with van der Waals surface area (Å²) in [6, 6.07) is 10.4. The van der Waals surface area contributed by atoms with Crippen molar-refractivity contribution >= 4 is 0 Å². The average molecular weight is 289 g/mol. The van der Waals surface area contributed by atoms with Crippen LogP contribution in [-0.4, -0.2) is 21.3 Å². The molecule has 2 aromatic carbocycles. The molecule has 0 fully saturated rings. The van der Waals surface area contributed by atoms with Crippen molar-refractivity contribution in [1.29, 1.82) is 0 Å². The molecular weight excluding hydrogens is 269 g/mol. The van der Waals surface area contributed by atoms with E-state index >= 15 is 0 Å². The molecule has 0 bridgehead atoms. The van der Waals surface area contributed by atoms with E-state index < -0.39 is 0 Å². The highest BCUT2D eigenvalue weighted by Crippen LogP contribution is 2.31. The summed E-state index contributed by atoms with van der Waals surface area (Å²) in [6.45, 7) is 1.95. The van der Waals surface area contributed by atoms with Crippen molar-refractivity contribution < 1.29 is 13.9 Å². The first kappa shape index (κ1) is 15.3. The van der Waals surface area contributed by atoms with E-state index in [1.165, 1.54) is 6.07 Å². The van der Waals surface area contributed by atoms with Crippen LogP contribution in [0.15, 0.2) is 36.4 Å². The monoisotopic (exact) mass is 289 g/mol. The second-order valence-electron chi connectivity index (χ2n) is 4.89. The number of benzene rings is 2. The molecule has 0 aliphatic rings. The lowest BCUT2D eigenvalue weighted by atomic mass is 9.96. The van der Waals surface area contributed by atoms with Gasteiger partial charge in [-0.05, 0) is 37.7 Å². The largest absolute Gasteiger partial charge is 0.497 e. The minimum absolute atomic E-state index is 0.235. The number of nitrogens with one attached hydrogen (secondary N) is 1. The fraction of sp³-hybridized carbons (Fsp3) is 0.294. The highest BCUT2D eigenvalue weighted by Gasteiger charge is 2.18. The minimum Gasteiger partial charge on any atom is -0.497 e. The van der Waals surface area contributed by atoms with Crippen LogP contribution in [-0.2, 0) is 0 Å². The van der Waals surface area contributed by atoms with E-state index in [0.717, 1.165) is 11.1 Å². The maximum Gasteiger partial charge on any atom is 0.128 e. The lowest BCUT2D eigenvalue weighted by molar-refractivity contribution is 0.392. The molecule has 21 heavy (non-hydrogen) atoms. The highest BCUT2D eigenvalue weighted by atomic mass is 19.1. The molecule has 2 aromatic rings. The predicted molar refractivity (Wildman–Crippen MR) is 81.6 cm³/mol. The number of ether oxygens (including phenoxy) is 2. The molecule has 1 atom stereocenters.